The van der Waals surface area contributed by atoms with Crippen molar-refractivity contribution < 1.29 is 18.7 Å². The van der Waals surface area contributed by atoms with Crippen LogP contribution in [0.5, 0.6) is 5.75 Å². The van der Waals surface area contributed by atoms with Crippen molar-refractivity contribution in [3.8, 4) is 5.75 Å². The Kier molecular flexibility index (Phi) is 5.47. The lowest BCUT2D eigenvalue weighted by atomic mass is 10.0. The zero-order valence-corrected chi connectivity index (χ0v) is 18.7. The number of amides is 2. The van der Waals surface area contributed by atoms with E-state index in [-0.39, 0.29) is 17.6 Å². The summed E-state index contributed by atoms with van der Waals surface area (Å²) in [6.07, 6.45) is 0. The van der Waals surface area contributed by atoms with Crippen LogP contribution in [-0.2, 0) is 0 Å². The third-order valence-corrected chi connectivity index (χ3v) is 5.69. The number of benzene rings is 4. The normalized spacial score (nSPS) is 10.9. The number of furan rings is 1. The van der Waals surface area contributed by atoms with Crippen molar-refractivity contribution >= 4 is 44.9 Å². The minimum absolute atomic E-state index is 0.237. The first-order valence-electron chi connectivity index (χ1n) is 10.8. The van der Waals surface area contributed by atoms with Crippen LogP contribution in [0.3, 0.4) is 0 Å². The third kappa shape index (κ3) is 4.09. The van der Waals surface area contributed by atoms with Gasteiger partial charge in [-0.3, -0.25) is 9.59 Å². The molecule has 6 nitrogen and oxygen atoms in total. The van der Waals surface area contributed by atoms with Crippen LogP contribution in [0.25, 0.3) is 21.7 Å². The predicted molar refractivity (Wildman–Crippen MR) is 134 cm³/mol. The van der Waals surface area contributed by atoms with Crippen molar-refractivity contribution in [3.05, 3.63) is 102 Å². The molecule has 0 fully saturated rings. The first kappa shape index (κ1) is 21.3. The van der Waals surface area contributed by atoms with Gasteiger partial charge in [-0.15, -0.1) is 0 Å². The Balaban J connectivity index is 1.34. The molecule has 0 unspecified atom stereocenters. The number of fused-ring (bicyclic) bond motifs is 2. The number of ether oxygens (including phenoxy) is 1. The Morgan fingerprint density at radius 1 is 0.765 bits per heavy atom. The topological polar surface area (TPSA) is 80.6 Å². The van der Waals surface area contributed by atoms with E-state index >= 15 is 0 Å². The molecule has 5 rings (SSSR count). The van der Waals surface area contributed by atoms with Gasteiger partial charge in [0.25, 0.3) is 11.8 Å². The van der Waals surface area contributed by atoms with E-state index in [4.69, 9.17) is 9.15 Å². The van der Waals surface area contributed by atoms with E-state index in [9.17, 15) is 9.59 Å². The highest BCUT2D eigenvalue weighted by atomic mass is 16.5. The SMILES string of the molecule is COc1cc2ccccc2cc1C(=O)Nc1ccc(NC(=O)c2cc3ccccc3o2)c(C)c1. The zero-order valence-electron chi connectivity index (χ0n) is 18.7. The van der Waals surface area contributed by atoms with Crippen molar-refractivity contribution in [3.63, 3.8) is 0 Å². The summed E-state index contributed by atoms with van der Waals surface area (Å²) in [5.74, 6) is 0.127. The summed E-state index contributed by atoms with van der Waals surface area (Å²) in [5, 5.41) is 8.61. The van der Waals surface area contributed by atoms with Gasteiger partial charge in [0.2, 0.25) is 0 Å². The fraction of sp³-hybridized carbons (Fsp3) is 0.0714. The molecule has 0 saturated heterocycles. The molecule has 0 saturated carbocycles. The lowest BCUT2D eigenvalue weighted by Crippen LogP contribution is -2.14. The van der Waals surface area contributed by atoms with Crippen molar-refractivity contribution in [2.75, 3.05) is 17.7 Å². The maximum atomic E-state index is 13.0. The highest BCUT2D eigenvalue weighted by Gasteiger charge is 2.16. The molecule has 0 aliphatic rings. The van der Waals surface area contributed by atoms with Gasteiger partial charge in [0, 0.05) is 16.8 Å². The number of carbonyl (C=O) groups excluding carboxylic acids is 2. The van der Waals surface area contributed by atoms with Crippen LogP contribution in [0.15, 0.2) is 89.3 Å². The summed E-state index contributed by atoms with van der Waals surface area (Å²) in [6, 6.07) is 25.9. The molecule has 4 aromatic carbocycles. The minimum Gasteiger partial charge on any atom is -0.496 e. The van der Waals surface area contributed by atoms with Gasteiger partial charge in [-0.1, -0.05) is 42.5 Å². The molecule has 0 atom stereocenters. The molecule has 34 heavy (non-hydrogen) atoms. The maximum absolute atomic E-state index is 13.0. The molecule has 1 aromatic heterocycles. The largest absolute Gasteiger partial charge is 0.496 e. The molecule has 1 heterocycles. The summed E-state index contributed by atoms with van der Waals surface area (Å²) in [5.41, 5.74) is 3.14. The molecule has 2 N–H and O–H groups in total. The lowest BCUT2D eigenvalue weighted by molar-refractivity contribution is 0.0996. The monoisotopic (exact) mass is 450 g/mol. The molecular formula is C28H22N2O4. The van der Waals surface area contributed by atoms with E-state index in [1.807, 2.05) is 67.6 Å². The third-order valence-electron chi connectivity index (χ3n) is 5.69. The number of hydrogen-bond donors (Lipinski definition) is 2. The summed E-state index contributed by atoms with van der Waals surface area (Å²) in [4.78, 5) is 25.7. The first-order chi connectivity index (χ1) is 16.5. The van der Waals surface area contributed by atoms with Gasteiger partial charge in [-0.05, 0) is 65.7 Å². The minimum atomic E-state index is -0.336. The van der Waals surface area contributed by atoms with E-state index < -0.39 is 0 Å². The van der Waals surface area contributed by atoms with Crippen LogP contribution < -0.4 is 15.4 Å². The quantitative estimate of drug-likeness (QED) is 0.324. The summed E-state index contributed by atoms with van der Waals surface area (Å²) >= 11 is 0. The van der Waals surface area contributed by atoms with E-state index in [1.54, 1.807) is 31.4 Å². The van der Waals surface area contributed by atoms with Gasteiger partial charge in [0.15, 0.2) is 5.76 Å². The van der Waals surface area contributed by atoms with Crippen molar-refractivity contribution in [1.82, 2.24) is 0 Å². The zero-order chi connectivity index (χ0) is 23.7. The van der Waals surface area contributed by atoms with Crippen LogP contribution in [-0.4, -0.2) is 18.9 Å². The molecule has 2 amide bonds. The van der Waals surface area contributed by atoms with Crippen LogP contribution in [0.2, 0.25) is 0 Å². The van der Waals surface area contributed by atoms with E-state index in [0.717, 1.165) is 21.7 Å². The van der Waals surface area contributed by atoms with Gasteiger partial charge in [-0.25, -0.2) is 0 Å². The summed E-state index contributed by atoms with van der Waals surface area (Å²) < 4.78 is 11.1. The highest BCUT2D eigenvalue weighted by Crippen LogP contribution is 2.28. The number of anilines is 2. The van der Waals surface area contributed by atoms with Crippen LogP contribution in [0, 0.1) is 6.92 Å². The average Bonchev–Trinajstić information content (AvgIpc) is 3.29. The molecule has 5 aromatic rings. The van der Waals surface area contributed by atoms with Crippen LogP contribution in [0.1, 0.15) is 26.5 Å². The fourth-order valence-electron chi connectivity index (χ4n) is 3.92. The molecule has 0 radical (unpaired) electrons. The fourth-order valence-corrected chi connectivity index (χ4v) is 3.92. The number of carbonyl (C=O) groups is 2. The van der Waals surface area contributed by atoms with Gasteiger partial charge < -0.3 is 19.8 Å². The van der Waals surface area contributed by atoms with Crippen LogP contribution >= 0.6 is 0 Å². The van der Waals surface area contributed by atoms with Gasteiger partial charge in [0.05, 0.1) is 12.7 Å². The van der Waals surface area contributed by atoms with E-state index in [1.165, 1.54) is 0 Å². The highest BCUT2D eigenvalue weighted by molar-refractivity contribution is 6.09. The van der Waals surface area contributed by atoms with Crippen molar-refractivity contribution in [1.29, 1.82) is 0 Å². The van der Waals surface area contributed by atoms with Gasteiger partial charge in [0.1, 0.15) is 11.3 Å². The maximum Gasteiger partial charge on any atom is 0.291 e. The van der Waals surface area contributed by atoms with Crippen LogP contribution in [0.4, 0.5) is 11.4 Å². The van der Waals surface area contributed by atoms with E-state index in [2.05, 4.69) is 10.6 Å². The molecular weight excluding hydrogens is 428 g/mol. The van der Waals surface area contributed by atoms with Gasteiger partial charge >= 0.3 is 0 Å². The second-order valence-corrected chi connectivity index (χ2v) is 7.99. The number of para-hydroxylation sites is 1. The van der Waals surface area contributed by atoms with E-state index in [0.29, 0.717) is 28.3 Å². The number of hydrogen-bond acceptors (Lipinski definition) is 4. The Morgan fingerprint density at radius 2 is 1.47 bits per heavy atom. The lowest BCUT2D eigenvalue weighted by Gasteiger charge is -2.13. The second-order valence-electron chi connectivity index (χ2n) is 7.99. The molecule has 0 spiro atoms. The second kappa shape index (κ2) is 8.75. The predicted octanol–water partition coefficient (Wildman–Crippen LogP) is 6.41. The number of methoxy groups -OCH3 is 1. The molecule has 0 bridgehead atoms. The summed E-state index contributed by atoms with van der Waals surface area (Å²) in [7, 11) is 1.55. The molecule has 0 aliphatic heterocycles. The van der Waals surface area contributed by atoms with Gasteiger partial charge in [-0.2, -0.15) is 0 Å². The Labute approximate surface area is 196 Å². The van der Waals surface area contributed by atoms with Crippen molar-refractivity contribution in [2.45, 2.75) is 6.92 Å². The standard InChI is InChI=1S/C28H22N2O4/c1-17-13-21(29-27(31)22-14-18-7-3-4-8-19(18)15-25(22)33-2)11-12-23(17)30-28(32)26-16-20-9-5-6-10-24(20)34-26/h3-16H,1-2H3,(H,29,31)(H,30,32). The Morgan fingerprint density at radius 3 is 2.18 bits per heavy atom. The first-order valence-corrected chi connectivity index (χ1v) is 10.8. The van der Waals surface area contributed by atoms with Crippen molar-refractivity contribution in [2.24, 2.45) is 0 Å². The number of rotatable bonds is 5. The molecule has 6 heteroatoms. The average molecular weight is 450 g/mol. The number of aryl methyl sites for hydroxylation is 1. The number of nitrogens with one attached hydrogen (secondary N) is 2. The smallest absolute Gasteiger partial charge is 0.291 e. The molecule has 0 aliphatic carbocycles. The Hall–Kier alpha value is -4.58. The Bertz CT molecular complexity index is 1520. The summed E-state index contributed by atoms with van der Waals surface area (Å²) in [6.45, 7) is 1.86. The molecule has 168 valence electrons.